The minimum atomic E-state index is -3.00. The Balaban J connectivity index is 2.92. The zero-order valence-electron chi connectivity index (χ0n) is 8.66. The van der Waals surface area contributed by atoms with Crippen LogP contribution in [0.3, 0.4) is 0 Å². The molecule has 0 aromatic heterocycles. The quantitative estimate of drug-likeness (QED) is 0.652. The lowest BCUT2D eigenvalue weighted by molar-refractivity contribution is 0.354. The van der Waals surface area contributed by atoms with Gasteiger partial charge in [0.2, 0.25) is 10.0 Å². The average Bonchev–Trinajstić information content (AvgIpc) is 2.12. The van der Waals surface area contributed by atoms with E-state index < -0.39 is 10.0 Å². The highest BCUT2D eigenvalue weighted by molar-refractivity contribution is 7.89. The van der Waals surface area contributed by atoms with E-state index in [1.165, 1.54) is 0 Å². The zero-order valence-corrected chi connectivity index (χ0v) is 9.47. The van der Waals surface area contributed by atoms with Gasteiger partial charge in [0.25, 0.3) is 0 Å². The molecule has 0 radical (unpaired) electrons. The molecule has 1 atom stereocenters. The van der Waals surface area contributed by atoms with Crippen molar-refractivity contribution in [3.05, 3.63) is 0 Å². The molecular weight excluding hydrogens is 186 g/mol. The summed E-state index contributed by atoms with van der Waals surface area (Å²) in [6.07, 6.45) is 2.84. The van der Waals surface area contributed by atoms with Crippen LogP contribution in [0.2, 0.25) is 0 Å². The van der Waals surface area contributed by atoms with E-state index in [0.717, 1.165) is 19.3 Å². The summed E-state index contributed by atoms with van der Waals surface area (Å²) in [6.45, 7) is 6.39. The number of nitrogens with zero attached hydrogens (tertiary/aromatic N) is 1. The summed E-state index contributed by atoms with van der Waals surface area (Å²) in [5.74, 6) is 0. The minimum Gasteiger partial charge on any atom is -0.212 e. The Morgan fingerprint density at radius 2 is 1.92 bits per heavy atom. The molecule has 1 aliphatic heterocycles. The van der Waals surface area contributed by atoms with Crippen molar-refractivity contribution >= 4 is 10.0 Å². The predicted molar refractivity (Wildman–Crippen MR) is 54.1 cm³/mol. The van der Waals surface area contributed by atoms with E-state index in [9.17, 15) is 8.42 Å². The first-order chi connectivity index (χ1) is 5.96. The summed E-state index contributed by atoms with van der Waals surface area (Å²) in [5, 5.41) is -0.197. The van der Waals surface area contributed by atoms with Crippen molar-refractivity contribution in [3.8, 4) is 0 Å². The molecule has 1 heterocycles. The van der Waals surface area contributed by atoms with Crippen LogP contribution in [0.25, 0.3) is 0 Å². The van der Waals surface area contributed by atoms with E-state index in [2.05, 4.69) is 0 Å². The van der Waals surface area contributed by atoms with Crippen molar-refractivity contribution in [2.24, 2.45) is 0 Å². The lowest BCUT2D eigenvalue weighted by Crippen LogP contribution is -2.40. The highest BCUT2D eigenvalue weighted by Gasteiger charge is 2.32. The van der Waals surface area contributed by atoms with Gasteiger partial charge in [-0.05, 0) is 33.6 Å². The molecule has 0 bridgehead atoms. The molecule has 3 nitrogen and oxygen atoms in total. The molecular formula is C9H19NO2S. The summed E-state index contributed by atoms with van der Waals surface area (Å²) in [6, 6.07) is 0.102. The van der Waals surface area contributed by atoms with Crippen LogP contribution in [-0.2, 0) is 10.0 Å². The Kier molecular flexibility index (Phi) is 3.35. The second-order valence-corrected chi connectivity index (χ2v) is 6.36. The van der Waals surface area contributed by atoms with Crippen LogP contribution in [0.4, 0.5) is 0 Å². The van der Waals surface area contributed by atoms with Crippen LogP contribution >= 0.6 is 0 Å². The van der Waals surface area contributed by atoms with E-state index in [1.807, 2.05) is 20.8 Å². The average molecular weight is 205 g/mol. The SMILES string of the molecule is CC(C)N1CCCCC(C)S1(=O)=O. The third kappa shape index (κ3) is 2.23. The first-order valence-electron chi connectivity index (χ1n) is 4.97. The fourth-order valence-electron chi connectivity index (χ4n) is 1.76. The molecule has 0 aromatic rings. The first kappa shape index (κ1) is 11.0. The maximum atomic E-state index is 11.9. The lowest BCUT2D eigenvalue weighted by Gasteiger charge is -2.26. The Labute approximate surface area is 81.2 Å². The van der Waals surface area contributed by atoms with Crippen LogP contribution in [-0.4, -0.2) is 30.6 Å². The maximum Gasteiger partial charge on any atom is 0.216 e. The van der Waals surface area contributed by atoms with Crippen molar-refractivity contribution in [1.29, 1.82) is 0 Å². The Bertz CT molecular complexity index is 259. The molecule has 0 aromatic carbocycles. The molecule has 1 saturated heterocycles. The van der Waals surface area contributed by atoms with Gasteiger partial charge in [0.1, 0.15) is 0 Å². The van der Waals surface area contributed by atoms with E-state index in [1.54, 1.807) is 4.31 Å². The second kappa shape index (κ2) is 3.96. The van der Waals surface area contributed by atoms with Crippen LogP contribution in [0.5, 0.6) is 0 Å². The van der Waals surface area contributed by atoms with E-state index in [4.69, 9.17) is 0 Å². The normalized spacial score (nSPS) is 30.3. The molecule has 0 N–H and O–H groups in total. The first-order valence-corrected chi connectivity index (χ1v) is 6.47. The van der Waals surface area contributed by atoms with Gasteiger partial charge in [-0.25, -0.2) is 8.42 Å². The van der Waals surface area contributed by atoms with Crippen molar-refractivity contribution < 1.29 is 8.42 Å². The van der Waals surface area contributed by atoms with Gasteiger partial charge in [0.05, 0.1) is 5.25 Å². The van der Waals surface area contributed by atoms with Crippen molar-refractivity contribution in [3.63, 3.8) is 0 Å². The van der Waals surface area contributed by atoms with Crippen LogP contribution in [0.1, 0.15) is 40.0 Å². The maximum absolute atomic E-state index is 11.9. The molecule has 0 amide bonds. The highest BCUT2D eigenvalue weighted by Crippen LogP contribution is 2.22. The fraction of sp³-hybridized carbons (Fsp3) is 1.00. The molecule has 1 aliphatic rings. The van der Waals surface area contributed by atoms with E-state index >= 15 is 0 Å². The third-order valence-corrected chi connectivity index (χ3v) is 5.16. The van der Waals surface area contributed by atoms with Gasteiger partial charge < -0.3 is 0 Å². The molecule has 4 heteroatoms. The Morgan fingerprint density at radius 1 is 1.31 bits per heavy atom. The number of hydrogen-bond acceptors (Lipinski definition) is 2. The highest BCUT2D eigenvalue weighted by atomic mass is 32.2. The fourth-order valence-corrected chi connectivity index (χ4v) is 3.66. The van der Waals surface area contributed by atoms with Crippen LogP contribution < -0.4 is 0 Å². The monoisotopic (exact) mass is 205 g/mol. The third-order valence-electron chi connectivity index (χ3n) is 2.65. The smallest absolute Gasteiger partial charge is 0.212 e. The standard InChI is InChI=1S/C9H19NO2S/c1-8(2)10-7-5-4-6-9(3)13(10,11)12/h8-9H,4-7H2,1-3H3. The van der Waals surface area contributed by atoms with Gasteiger partial charge in [-0.15, -0.1) is 0 Å². The largest absolute Gasteiger partial charge is 0.216 e. The van der Waals surface area contributed by atoms with Gasteiger partial charge >= 0.3 is 0 Å². The summed E-state index contributed by atoms with van der Waals surface area (Å²) in [4.78, 5) is 0. The summed E-state index contributed by atoms with van der Waals surface area (Å²) >= 11 is 0. The molecule has 1 rings (SSSR count). The summed E-state index contributed by atoms with van der Waals surface area (Å²) in [5.41, 5.74) is 0. The minimum absolute atomic E-state index is 0.102. The lowest BCUT2D eigenvalue weighted by atomic mass is 10.2. The molecule has 13 heavy (non-hydrogen) atoms. The number of rotatable bonds is 1. The van der Waals surface area contributed by atoms with E-state index in [-0.39, 0.29) is 11.3 Å². The van der Waals surface area contributed by atoms with Gasteiger partial charge in [0, 0.05) is 12.6 Å². The molecule has 0 spiro atoms. The molecule has 0 aliphatic carbocycles. The van der Waals surface area contributed by atoms with E-state index in [0.29, 0.717) is 6.54 Å². The molecule has 1 unspecified atom stereocenters. The Hall–Kier alpha value is -0.0900. The van der Waals surface area contributed by atoms with Crippen molar-refractivity contribution in [2.75, 3.05) is 6.54 Å². The van der Waals surface area contributed by atoms with Crippen molar-refractivity contribution in [1.82, 2.24) is 4.31 Å². The summed E-state index contributed by atoms with van der Waals surface area (Å²) < 4.78 is 25.4. The Morgan fingerprint density at radius 3 is 2.46 bits per heavy atom. The van der Waals surface area contributed by atoms with Gasteiger partial charge in [-0.2, -0.15) is 4.31 Å². The summed E-state index contributed by atoms with van der Waals surface area (Å²) in [7, 11) is -3.00. The van der Waals surface area contributed by atoms with Crippen molar-refractivity contribution in [2.45, 2.75) is 51.3 Å². The van der Waals surface area contributed by atoms with Gasteiger partial charge in [-0.3, -0.25) is 0 Å². The number of hydrogen-bond donors (Lipinski definition) is 0. The van der Waals surface area contributed by atoms with Crippen LogP contribution in [0.15, 0.2) is 0 Å². The zero-order chi connectivity index (χ0) is 10.1. The van der Waals surface area contributed by atoms with Gasteiger partial charge in [-0.1, -0.05) is 6.42 Å². The number of sulfonamides is 1. The van der Waals surface area contributed by atoms with Gasteiger partial charge in [0.15, 0.2) is 0 Å². The predicted octanol–water partition coefficient (Wildman–Crippen LogP) is 1.60. The molecule has 78 valence electrons. The molecule has 1 fully saturated rings. The van der Waals surface area contributed by atoms with Crippen LogP contribution in [0, 0.1) is 0 Å². The molecule has 0 saturated carbocycles. The second-order valence-electron chi connectivity index (χ2n) is 4.06. The topological polar surface area (TPSA) is 37.4 Å².